The van der Waals surface area contributed by atoms with Gasteiger partial charge in [-0.3, -0.25) is 9.59 Å². The molecular weight excluding hydrogens is 416 g/mol. The normalized spacial score (nSPS) is 13.1. The van der Waals surface area contributed by atoms with Gasteiger partial charge in [-0.1, -0.05) is 43.0 Å². The Balaban J connectivity index is 2.71. The average molecular weight is 450 g/mol. The van der Waals surface area contributed by atoms with Crippen LogP contribution in [0.2, 0.25) is 1.41 Å². The Hall–Kier alpha value is -3.36. The predicted octanol–water partition coefficient (Wildman–Crippen LogP) is 2.64. The SMILES string of the molecule is [2H]N(C(=O)OC(C)(C)C)[C@@H](C)C(=O)N[C@@H](CCC(=O)OCc1ccccc1)C(=O)OCC=C. The number of hydrogen-bond donors (Lipinski definition) is 2. The zero-order valence-electron chi connectivity index (χ0n) is 20.0. The molecule has 2 amide bonds. The lowest BCUT2D eigenvalue weighted by Crippen LogP contribution is -2.51. The Bertz CT molecular complexity index is 824. The summed E-state index contributed by atoms with van der Waals surface area (Å²) in [6.07, 6.45) is 0.0977. The third-order valence-corrected chi connectivity index (χ3v) is 3.90. The van der Waals surface area contributed by atoms with Crippen LogP contribution in [0, 0.1) is 0 Å². The molecule has 9 nitrogen and oxygen atoms in total. The van der Waals surface area contributed by atoms with Gasteiger partial charge in [0.15, 0.2) is 1.41 Å². The van der Waals surface area contributed by atoms with Crippen LogP contribution in [0.5, 0.6) is 0 Å². The molecule has 0 saturated heterocycles. The third-order valence-electron chi connectivity index (χ3n) is 3.90. The van der Waals surface area contributed by atoms with E-state index in [2.05, 4.69) is 11.9 Å². The lowest BCUT2D eigenvalue weighted by Gasteiger charge is -2.23. The molecule has 0 saturated carbocycles. The number of amides is 2. The van der Waals surface area contributed by atoms with Gasteiger partial charge in [0.1, 0.15) is 30.9 Å². The Morgan fingerprint density at radius 3 is 2.41 bits per heavy atom. The first-order valence-corrected chi connectivity index (χ1v) is 10.2. The Morgan fingerprint density at radius 2 is 1.81 bits per heavy atom. The van der Waals surface area contributed by atoms with Gasteiger partial charge in [-0.25, -0.2) is 9.59 Å². The van der Waals surface area contributed by atoms with Crippen molar-refractivity contribution in [1.29, 1.82) is 0 Å². The zero-order valence-corrected chi connectivity index (χ0v) is 19.0. The summed E-state index contributed by atoms with van der Waals surface area (Å²) in [5.74, 6) is -2.12. The summed E-state index contributed by atoms with van der Waals surface area (Å²) in [5, 5.41) is 2.80. The number of benzene rings is 1. The molecule has 2 atom stereocenters. The fourth-order valence-corrected chi connectivity index (χ4v) is 2.36. The van der Waals surface area contributed by atoms with Crippen molar-refractivity contribution in [2.24, 2.45) is 0 Å². The number of carbonyl (C=O) groups excluding carboxylic acids is 4. The molecule has 1 rings (SSSR count). The first-order chi connectivity index (χ1) is 15.4. The van der Waals surface area contributed by atoms with Crippen LogP contribution in [-0.4, -0.2) is 48.2 Å². The molecule has 0 fully saturated rings. The highest BCUT2D eigenvalue weighted by molar-refractivity contribution is 5.89. The number of rotatable bonds is 11. The molecule has 0 radical (unpaired) electrons. The van der Waals surface area contributed by atoms with Crippen LogP contribution in [0.25, 0.3) is 0 Å². The fraction of sp³-hybridized carbons (Fsp3) is 0.478. The van der Waals surface area contributed by atoms with Crippen LogP contribution in [0.3, 0.4) is 0 Å². The summed E-state index contributed by atoms with van der Waals surface area (Å²) in [5.41, 5.74) is -0.0309. The van der Waals surface area contributed by atoms with Gasteiger partial charge in [0, 0.05) is 6.42 Å². The maximum absolute atomic E-state index is 12.6. The quantitative estimate of drug-likeness (QED) is 0.303. The average Bonchev–Trinajstić information content (AvgIpc) is 2.76. The number of alkyl carbamates (subject to hydrolysis) is 1. The van der Waals surface area contributed by atoms with Crippen molar-refractivity contribution < 1.29 is 34.8 Å². The van der Waals surface area contributed by atoms with Crippen LogP contribution >= 0.6 is 0 Å². The van der Waals surface area contributed by atoms with Crippen molar-refractivity contribution >= 4 is 23.9 Å². The molecule has 0 aliphatic carbocycles. The van der Waals surface area contributed by atoms with Crippen molar-refractivity contribution in [3.05, 3.63) is 48.6 Å². The van der Waals surface area contributed by atoms with Gasteiger partial charge in [-0.05, 0) is 39.7 Å². The van der Waals surface area contributed by atoms with E-state index in [1.807, 2.05) is 30.3 Å². The van der Waals surface area contributed by atoms with Gasteiger partial charge in [0.05, 0.1) is 0 Å². The molecule has 0 aliphatic heterocycles. The maximum Gasteiger partial charge on any atom is 0.408 e. The van der Waals surface area contributed by atoms with Gasteiger partial charge in [-0.2, -0.15) is 0 Å². The molecular formula is C23H32N2O7. The Morgan fingerprint density at radius 1 is 1.16 bits per heavy atom. The molecule has 0 unspecified atom stereocenters. The van der Waals surface area contributed by atoms with Crippen LogP contribution in [0.15, 0.2) is 43.0 Å². The minimum Gasteiger partial charge on any atom is -0.461 e. The molecule has 1 aromatic carbocycles. The van der Waals surface area contributed by atoms with E-state index < -0.39 is 41.6 Å². The highest BCUT2D eigenvalue weighted by Gasteiger charge is 2.27. The number of nitrogens with one attached hydrogen (secondary N) is 2. The van der Waals surface area contributed by atoms with E-state index in [0.717, 1.165) is 5.56 Å². The molecule has 0 spiro atoms. The lowest BCUT2D eigenvalue weighted by molar-refractivity contribution is -0.149. The number of hydrogen-bond acceptors (Lipinski definition) is 7. The van der Waals surface area contributed by atoms with Gasteiger partial charge >= 0.3 is 18.0 Å². The van der Waals surface area contributed by atoms with E-state index in [1.54, 1.807) is 20.8 Å². The molecule has 176 valence electrons. The lowest BCUT2D eigenvalue weighted by atomic mass is 10.1. The number of carbonyl (C=O) groups is 4. The zero-order chi connectivity index (χ0) is 25.0. The second-order valence-electron chi connectivity index (χ2n) is 7.95. The summed E-state index contributed by atoms with van der Waals surface area (Å²) in [6.45, 7) is 9.66. The summed E-state index contributed by atoms with van der Waals surface area (Å²) < 4.78 is 23.1. The number of ether oxygens (including phenoxy) is 3. The second-order valence-corrected chi connectivity index (χ2v) is 7.95. The van der Waals surface area contributed by atoms with E-state index in [9.17, 15) is 19.2 Å². The van der Waals surface area contributed by atoms with Crippen LogP contribution in [0.1, 0.15) is 46.1 Å². The second kappa shape index (κ2) is 13.1. The highest BCUT2D eigenvalue weighted by Crippen LogP contribution is 2.08. The fourth-order valence-electron chi connectivity index (χ4n) is 2.36. The van der Waals surface area contributed by atoms with E-state index in [1.165, 1.54) is 13.0 Å². The molecule has 0 aromatic heterocycles. The molecule has 9 heteroatoms. The van der Waals surface area contributed by atoms with E-state index in [-0.39, 0.29) is 26.1 Å². The largest absolute Gasteiger partial charge is 0.461 e. The highest BCUT2D eigenvalue weighted by atomic mass is 16.6. The summed E-state index contributed by atoms with van der Waals surface area (Å²) in [4.78, 5) is 49.1. The molecule has 2 N–H and O–H groups in total. The van der Waals surface area contributed by atoms with Crippen molar-refractivity contribution in [2.45, 2.75) is 64.8 Å². The molecule has 0 heterocycles. The van der Waals surface area contributed by atoms with Gasteiger partial charge in [0.2, 0.25) is 5.91 Å². The molecule has 0 bridgehead atoms. The van der Waals surface area contributed by atoms with E-state index in [4.69, 9.17) is 15.6 Å². The van der Waals surface area contributed by atoms with E-state index in [0.29, 0.717) is 5.31 Å². The van der Waals surface area contributed by atoms with Crippen LogP contribution < -0.4 is 10.6 Å². The van der Waals surface area contributed by atoms with Gasteiger partial charge in [-0.15, -0.1) is 0 Å². The summed E-state index contributed by atoms with van der Waals surface area (Å²) in [6, 6.07) is 6.64. The Kier molecular flexibility index (Phi) is 10.2. The minimum absolute atomic E-state index is 0.0817. The first kappa shape index (κ1) is 24.9. The van der Waals surface area contributed by atoms with Gasteiger partial charge in [0.25, 0.3) is 0 Å². The molecule has 0 aliphatic rings. The van der Waals surface area contributed by atoms with Crippen LogP contribution in [-0.2, 0) is 35.2 Å². The standard InChI is InChI=1S/C23H32N2O7/c1-6-14-30-21(28)18(12-13-19(26)31-15-17-10-8-7-9-11-17)25-20(27)16(2)24-22(29)32-23(3,4)5/h6-11,16,18H,1,12-15H2,2-5H3,(H,24,29)(H,25,27)/t16-,18-/m0/s1/i/hD. The van der Waals surface area contributed by atoms with Crippen LogP contribution in [0.4, 0.5) is 4.79 Å². The monoisotopic (exact) mass is 449 g/mol. The minimum atomic E-state index is -1.26. The smallest absolute Gasteiger partial charge is 0.408 e. The Labute approximate surface area is 189 Å². The maximum atomic E-state index is 12.6. The van der Waals surface area contributed by atoms with Gasteiger partial charge < -0.3 is 24.8 Å². The third kappa shape index (κ3) is 11.1. The van der Waals surface area contributed by atoms with Crippen molar-refractivity contribution in [1.82, 2.24) is 10.6 Å². The molecule has 32 heavy (non-hydrogen) atoms. The van der Waals surface area contributed by atoms with Crippen molar-refractivity contribution in [3.8, 4) is 0 Å². The van der Waals surface area contributed by atoms with Crippen molar-refractivity contribution in [2.75, 3.05) is 6.61 Å². The summed E-state index contributed by atoms with van der Waals surface area (Å²) in [7, 11) is 0. The van der Waals surface area contributed by atoms with Crippen molar-refractivity contribution in [3.63, 3.8) is 0 Å². The number of esters is 2. The first-order valence-electron chi connectivity index (χ1n) is 10.7. The molecule has 1 aromatic rings. The predicted molar refractivity (Wildman–Crippen MR) is 117 cm³/mol. The van der Waals surface area contributed by atoms with E-state index >= 15 is 0 Å². The summed E-state index contributed by atoms with van der Waals surface area (Å²) >= 11 is 0. The topological polar surface area (TPSA) is 120 Å².